The second-order valence-electron chi connectivity index (χ2n) is 3.17. The minimum atomic E-state index is -1.17. The lowest BCUT2D eigenvalue weighted by Crippen LogP contribution is -2.33. The van der Waals surface area contributed by atoms with Gasteiger partial charge in [-0.15, -0.1) is 0 Å². The molecule has 0 heterocycles. The van der Waals surface area contributed by atoms with Crippen molar-refractivity contribution < 1.29 is 19.8 Å². The highest BCUT2D eigenvalue weighted by atomic mass is 33.1. The van der Waals surface area contributed by atoms with Crippen LogP contribution in [-0.4, -0.2) is 45.7 Å². The predicted octanol–water partition coefficient (Wildman–Crippen LogP) is 0.101. The van der Waals surface area contributed by atoms with Gasteiger partial charge in [-0.2, -0.15) is 0 Å². The van der Waals surface area contributed by atoms with E-state index in [0.717, 1.165) is 0 Å². The van der Waals surface area contributed by atoms with Crippen LogP contribution < -0.4 is 11.2 Å². The number of carbonyl (C=O) groups is 2. The number of carboxylic acids is 2. The van der Waals surface area contributed by atoms with E-state index >= 15 is 0 Å². The van der Waals surface area contributed by atoms with Gasteiger partial charge >= 0.3 is 11.9 Å². The van der Waals surface area contributed by atoms with Crippen molar-refractivity contribution in [2.45, 2.75) is 24.9 Å². The van der Waals surface area contributed by atoms with Crippen LogP contribution in [-0.2, 0) is 9.59 Å². The Balaban J connectivity index is 3.46. The third-order valence-corrected chi connectivity index (χ3v) is 4.31. The number of hydrogen-bond acceptors (Lipinski definition) is 7. The van der Waals surface area contributed by atoms with Crippen LogP contribution in [0.5, 0.6) is 0 Å². The quantitative estimate of drug-likeness (QED) is 0.250. The first-order chi connectivity index (χ1) is 7.99. The Kier molecular flexibility index (Phi) is 9.27. The van der Waals surface area contributed by atoms with Crippen molar-refractivity contribution in [1.29, 1.82) is 0 Å². The molecule has 0 saturated heterocycles. The zero-order valence-electron chi connectivity index (χ0n) is 9.00. The fourth-order valence-electron chi connectivity index (χ4n) is 0.815. The van der Waals surface area contributed by atoms with Crippen molar-refractivity contribution in [3.63, 3.8) is 0 Å². The minimum Gasteiger partial charge on any atom is -0.787 e. The van der Waals surface area contributed by atoms with Gasteiger partial charge in [0.2, 0.25) is 0 Å². The number of nitrogens with two attached hydrogens (primary N) is 1. The molecule has 0 spiro atoms. The van der Waals surface area contributed by atoms with E-state index < -0.39 is 24.0 Å². The van der Waals surface area contributed by atoms with E-state index in [0.29, 0.717) is 17.9 Å². The van der Waals surface area contributed by atoms with Crippen molar-refractivity contribution in [1.82, 2.24) is 5.48 Å². The molecule has 0 radical (unpaired) electrons. The first-order valence-corrected chi connectivity index (χ1v) is 7.31. The molecule has 0 amide bonds. The van der Waals surface area contributed by atoms with Crippen LogP contribution in [0.1, 0.15) is 12.8 Å². The molecule has 0 aromatic carbocycles. The number of aliphatic carboxylic acids is 2. The molecular formula is C8H15N2O5S2-. The van der Waals surface area contributed by atoms with E-state index in [1.54, 1.807) is 0 Å². The number of hydroxylamine groups is 1. The maximum absolute atomic E-state index is 10.5. The molecule has 0 unspecified atom stereocenters. The van der Waals surface area contributed by atoms with Crippen LogP contribution in [0.4, 0.5) is 0 Å². The molecule has 0 rings (SSSR count). The zero-order chi connectivity index (χ0) is 13.3. The lowest BCUT2D eigenvalue weighted by Gasteiger charge is -2.16. The Morgan fingerprint density at radius 2 is 1.71 bits per heavy atom. The van der Waals surface area contributed by atoms with Crippen LogP contribution in [0.15, 0.2) is 0 Å². The maximum atomic E-state index is 10.5. The van der Waals surface area contributed by atoms with E-state index in [-0.39, 0.29) is 6.42 Å². The fourth-order valence-corrected chi connectivity index (χ4v) is 3.02. The minimum absolute atomic E-state index is 0.224. The monoisotopic (exact) mass is 283 g/mol. The Bertz CT molecular complexity index is 254. The summed E-state index contributed by atoms with van der Waals surface area (Å²) in [7, 11) is 2.81. The van der Waals surface area contributed by atoms with Gasteiger partial charge in [-0.25, -0.2) is 0 Å². The normalized spacial score (nSPS) is 14.2. The molecule has 9 heteroatoms. The average Bonchev–Trinajstić information content (AvgIpc) is 2.27. The van der Waals surface area contributed by atoms with E-state index in [2.05, 4.69) is 0 Å². The summed E-state index contributed by atoms with van der Waals surface area (Å²) in [6.45, 7) is 0. The Morgan fingerprint density at radius 3 is 2.12 bits per heavy atom. The highest BCUT2D eigenvalue weighted by Gasteiger charge is 2.13. The van der Waals surface area contributed by atoms with Crippen LogP contribution >= 0.6 is 21.6 Å². The molecule has 0 aromatic rings. The molecule has 0 bridgehead atoms. The SMILES string of the molecule is N[C@@H](CCSSCC[C@H](N[O-])C(=O)O)C(=O)O. The van der Waals surface area contributed by atoms with Gasteiger partial charge < -0.3 is 26.6 Å². The third-order valence-electron chi connectivity index (χ3n) is 1.84. The van der Waals surface area contributed by atoms with E-state index in [4.69, 9.17) is 15.9 Å². The van der Waals surface area contributed by atoms with Gasteiger partial charge in [0.15, 0.2) is 0 Å². The summed E-state index contributed by atoms with van der Waals surface area (Å²) in [5, 5.41) is 27.3. The molecule has 0 aliphatic heterocycles. The lowest BCUT2D eigenvalue weighted by molar-refractivity contribution is -0.139. The summed E-state index contributed by atoms with van der Waals surface area (Å²) < 4.78 is 0. The van der Waals surface area contributed by atoms with E-state index in [1.807, 2.05) is 0 Å². The number of nitrogens with one attached hydrogen (secondary N) is 1. The predicted molar refractivity (Wildman–Crippen MR) is 67.7 cm³/mol. The lowest BCUT2D eigenvalue weighted by atomic mass is 10.2. The second kappa shape index (κ2) is 9.54. The molecule has 0 fully saturated rings. The molecule has 5 N–H and O–H groups in total. The summed E-state index contributed by atoms with van der Waals surface area (Å²) in [5.74, 6) is -1.13. The van der Waals surface area contributed by atoms with E-state index in [1.165, 1.54) is 27.1 Å². The molecule has 0 aromatic heterocycles. The molecule has 0 saturated carbocycles. The molecular weight excluding hydrogens is 268 g/mol. The Labute approximate surface area is 106 Å². The topological polar surface area (TPSA) is 136 Å². The van der Waals surface area contributed by atoms with Crippen molar-refractivity contribution in [3.8, 4) is 0 Å². The van der Waals surface area contributed by atoms with Gasteiger partial charge in [-0.05, 0) is 12.8 Å². The first kappa shape index (κ1) is 16.5. The molecule has 0 aliphatic carbocycles. The fraction of sp³-hybridized carbons (Fsp3) is 0.750. The average molecular weight is 283 g/mol. The molecule has 2 atom stereocenters. The van der Waals surface area contributed by atoms with Crippen molar-refractivity contribution in [2.24, 2.45) is 5.73 Å². The van der Waals surface area contributed by atoms with Crippen molar-refractivity contribution in [2.75, 3.05) is 11.5 Å². The molecule has 0 aliphatic rings. The summed E-state index contributed by atoms with van der Waals surface area (Å²) in [6.07, 6.45) is 0.580. The number of hydrogen-bond donors (Lipinski definition) is 4. The molecule has 100 valence electrons. The van der Waals surface area contributed by atoms with Gasteiger partial charge in [-0.1, -0.05) is 21.6 Å². The van der Waals surface area contributed by atoms with Crippen LogP contribution in [0.3, 0.4) is 0 Å². The Morgan fingerprint density at radius 1 is 1.18 bits per heavy atom. The first-order valence-electron chi connectivity index (χ1n) is 4.82. The van der Waals surface area contributed by atoms with Crippen molar-refractivity contribution >= 4 is 33.5 Å². The number of carboxylic acid groups (broad SMARTS) is 2. The highest BCUT2D eigenvalue weighted by molar-refractivity contribution is 8.76. The third kappa shape index (κ3) is 8.27. The standard InChI is InChI=1S/C8H15N2O5S2/c9-5(7(11)12)1-3-16-17-4-2-6(10-15)8(13)14/h5-6,10H,1-4,9H2,(H,11,12)(H,13,14)/q-1/t5-,6-/m0/s1. The molecule has 17 heavy (non-hydrogen) atoms. The van der Waals surface area contributed by atoms with Crippen molar-refractivity contribution in [3.05, 3.63) is 5.21 Å². The maximum Gasteiger partial charge on any atom is 0.320 e. The smallest absolute Gasteiger partial charge is 0.320 e. The van der Waals surface area contributed by atoms with E-state index in [9.17, 15) is 14.8 Å². The van der Waals surface area contributed by atoms with Crippen LogP contribution in [0.2, 0.25) is 0 Å². The van der Waals surface area contributed by atoms with Crippen LogP contribution in [0.25, 0.3) is 0 Å². The zero-order valence-corrected chi connectivity index (χ0v) is 10.6. The summed E-state index contributed by atoms with van der Waals surface area (Å²) in [5.41, 5.74) is 6.75. The highest BCUT2D eigenvalue weighted by Crippen LogP contribution is 2.23. The van der Waals surface area contributed by atoms with Gasteiger partial charge in [0.1, 0.15) is 6.04 Å². The van der Waals surface area contributed by atoms with Gasteiger partial charge in [0, 0.05) is 11.5 Å². The van der Waals surface area contributed by atoms with Crippen LogP contribution in [0, 0.1) is 5.21 Å². The van der Waals surface area contributed by atoms with Gasteiger partial charge in [0.25, 0.3) is 0 Å². The van der Waals surface area contributed by atoms with Gasteiger partial charge in [-0.3, -0.25) is 9.59 Å². The van der Waals surface area contributed by atoms with Gasteiger partial charge in [0.05, 0.1) is 6.04 Å². The summed E-state index contributed by atoms with van der Waals surface area (Å²) in [6, 6.07) is -1.94. The summed E-state index contributed by atoms with van der Waals surface area (Å²) in [4.78, 5) is 20.8. The summed E-state index contributed by atoms with van der Waals surface area (Å²) >= 11 is 0. The Hall–Kier alpha value is -0.480. The largest absolute Gasteiger partial charge is 0.787 e. The molecule has 7 nitrogen and oxygen atoms in total. The number of rotatable bonds is 10. The second-order valence-corrected chi connectivity index (χ2v) is 5.88.